The molecule has 0 saturated carbocycles. The van der Waals surface area contributed by atoms with Crippen molar-refractivity contribution in [1.82, 2.24) is 19.7 Å². The van der Waals surface area contributed by atoms with Gasteiger partial charge in [-0.1, -0.05) is 89.0 Å². The summed E-state index contributed by atoms with van der Waals surface area (Å²) in [6.07, 6.45) is -4.68. The molecule has 4 nitrogen and oxygen atoms in total. The molecule has 2 heterocycles. The predicted molar refractivity (Wildman–Crippen MR) is 140 cm³/mol. The maximum atomic E-state index is 14.0. The van der Waals surface area contributed by atoms with Gasteiger partial charge in [0.15, 0.2) is 5.69 Å². The number of halogens is 4. The van der Waals surface area contributed by atoms with Crippen molar-refractivity contribution in [2.45, 2.75) is 26.9 Å². The normalized spacial score (nSPS) is 11.6. The van der Waals surface area contributed by atoms with Gasteiger partial charge < -0.3 is 0 Å². The Balaban J connectivity index is 1.80. The Morgan fingerprint density at radius 2 is 1.32 bits per heavy atom. The van der Waals surface area contributed by atoms with Crippen LogP contribution in [-0.2, 0) is 6.18 Å². The van der Waals surface area contributed by atoms with Crippen LogP contribution in [-0.4, -0.2) is 19.7 Å². The highest BCUT2D eigenvalue weighted by atomic mass is 35.5. The number of nitrogens with zero attached hydrogens (tertiary/aromatic N) is 4. The standard InChI is InChI=1S/C29H22ClF3N4/c1-17-10-12-20(13-11-17)23-16-24(29(31,32)33)35-28(34-23)37-27(22-9-5-7-19(3)15-22)25(30)26(36-37)21-8-4-6-18(2)14-21/h4-16H,1-3H3. The minimum Gasteiger partial charge on any atom is -0.211 e. The molecule has 0 atom stereocenters. The zero-order chi connectivity index (χ0) is 26.3. The number of hydrogen-bond donors (Lipinski definition) is 0. The molecule has 0 aliphatic heterocycles. The topological polar surface area (TPSA) is 43.6 Å². The third-order valence-corrected chi connectivity index (χ3v) is 6.31. The number of rotatable bonds is 4. The third kappa shape index (κ3) is 5.00. The van der Waals surface area contributed by atoms with Gasteiger partial charge in [0, 0.05) is 16.7 Å². The van der Waals surface area contributed by atoms with E-state index in [-0.39, 0.29) is 11.6 Å². The molecule has 0 spiro atoms. The van der Waals surface area contributed by atoms with Crippen LogP contribution in [0.5, 0.6) is 0 Å². The first-order valence-corrected chi connectivity index (χ1v) is 11.9. The van der Waals surface area contributed by atoms with Crippen LogP contribution in [0.2, 0.25) is 5.02 Å². The molecular weight excluding hydrogens is 497 g/mol. The highest BCUT2D eigenvalue weighted by molar-refractivity contribution is 6.35. The van der Waals surface area contributed by atoms with Crippen LogP contribution in [0.3, 0.4) is 0 Å². The largest absolute Gasteiger partial charge is 0.433 e. The van der Waals surface area contributed by atoms with Crippen molar-refractivity contribution in [2.24, 2.45) is 0 Å². The van der Waals surface area contributed by atoms with Crippen LogP contribution < -0.4 is 0 Å². The van der Waals surface area contributed by atoms with E-state index in [2.05, 4.69) is 15.1 Å². The Morgan fingerprint density at radius 3 is 1.95 bits per heavy atom. The van der Waals surface area contributed by atoms with Crippen LogP contribution in [0.4, 0.5) is 13.2 Å². The lowest BCUT2D eigenvalue weighted by Crippen LogP contribution is -2.14. The van der Waals surface area contributed by atoms with Gasteiger partial charge in [0.2, 0.25) is 0 Å². The lowest BCUT2D eigenvalue weighted by Gasteiger charge is -2.13. The van der Waals surface area contributed by atoms with Crippen molar-refractivity contribution in [3.8, 4) is 39.7 Å². The molecule has 0 bridgehead atoms. The zero-order valence-corrected chi connectivity index (χ0v) is 21.1. The van der Waals surface area contributed by atoms with Crippen molar-refractivity contribution in [3.63, 3.8) is 0 Å². The smallest absolute Gasteiger partial charge is 0.211 e. The molecule has 2 aromatic heterocycles. The van der Waals surface area contributed by atoms with Crippen LogP contribution in [0, 0.1) is 20.8 Å². The summed E-state index contributed by atoms with van der Waals surface area (Å²) in [5, 5.41) is 4.96. The quantitative estimate of drug-likeness (QED) is 0.240. The number of hydrogen-bond acceptors (Lipinski definition) is 3. The first kappa shape index (κ1) is 24.7. The molecule has 0 unspecified atom stereocenters. The van der Waals surface area contributed by atoms with Crippen LogP contribution >= 0.6 is 11.6 Å². The monoisotopic (exact) mass is 518 g/mol. The van der Waals surface area contributed by atoms with Crippen molar-refractivity contribution in [1.29, 1.82) is 0 Å². The van der Waals surface area contributed by atoms with Gasteiger partial charge in [-0.05, 0) is 39.0 Å². The van der Waals surface area contributed by atoms with Gasteiger partial charge in [0.05, 0.1) is 16.4 Å². The molecule has 0 saturated heterocycles. The van der Waals surface area contributed by atoms with E-state index in [0.717, 1.165) is 28.3 Å². The van der Waals surface area contributed by atoms with Gasteiger partial charge in [-0.25, -0.2) is 9.97 Å². The van der Waals surface area contributed by atoms with E-state index in [1.165, 1.54) is 4.68 Å². The second kappa shape index (κ2) is 9.48. The van der Waals surface area contributed by atoms with Gasteiger partial charge in [0.25, 0.3) is 5.95 Å². The van der Waals surface area contributed by atoms with E-state index in [0.29, 0.717) is 27.5 Å². The lowest BCUT2D eigenvalue weighted by molar-refractivity contribution is -0.141. The third-order valence-electron chi connectivity index (χ3n) is 5.95. The molecule has 186 valence electrons. The summed E-state index contributed by atoms with van der Waals surface area (Å²) < 4.78 is 43.2. The van der Waals surface area contributed by atoms with Crippen LogP contribution in [0.25, 0.3) is 39.7 Å². The minimum absolute atomic E-state index is 0.135. The summed E-state index contributed by atoms with van der Waals surface area (Å²) in [6, 6.07) is 23.2. The summed E-state index contributed by atoms with van der Waals surface area (Å²) in [6.45, 7) is 5.78. The molecule has 3 aromatic carbocycles. The Hall–Kier alpha value is -3.97. The molecule has 0 aliphatic rings. The average molecular weight is 519 g/mol. The average Bonchev–Trinajstić information content (AvgIpc) is 3.21. The van der Waals surface area contributed by atoms with Crippen molar-refractivity contribution in [3.05, 3.63) is 106 Å². The first-order valence-electron chi connectivity index (χ1n) is 11.6. The molecule has 37 heavy (non-hydrogen) atoms. The first-order chi connectivity index (χ1) is 17.6. The Morgan fingerprint density at radius 1 is 0.703 bits per heavy atom. The Bertz CT molecular complexity index is 1610. The summed E-state index contributed by atoms with van der Waals surface area (Å²) >= 11 is 6.90. The minimum atomic E-state index is -4.68. The fraction of sp³-hybridized carbons (Fsp3) is 0.138. The molecule has 5 rings (SSSR count). The van der Waals surface area contributed by atoms with Crippen LogP contribution in [0.15, 0.2) is 78.9 Å². The number of aryl methyl sites for hydroxylation is 3. The number of aromatic nitrogens is 4. The molecular formula is C29H22ClF3N4. The zero-order valence-electron chi connectivity index (χ0n) is 20.3. The van der Waals surface area contributed by atoms with Gasteiger partial charge >= 0.3 is 6.18 Å². The fourth-order valence-corrected chi connectivity index (χ4v) is 4.44. The van der Waals surface area contributed by atoms with Gasteiger partial charge in [-0.3, -0.25) is 0 Å². The fourth-order valence-electron chi connectivity index (χ4n) is 4.11. The summed E-state index contributed by atoms with van der Waals surface area (Å²) in [5.74, 6) is -0.220. The summed E-state index contributed by atoms with van der Waals surface area (Å²) in [4.78, 5) is 8.42. The molecule has 0 amide bonds. The lowest BCUT2D eigenvalue weighted by atomic mass is 10.1. The van der Waals surface area contributed by atoms with Crippen molar-refractivity contribution in [2.75, 3.05) is 0 Å². The van der Waals surface area contributed by atoms with E-state index >= 15 is 0 Å². The molecule has 8 heteroatoms. The highest BCUT2D eigenvalue weighted by Gasteiger charge is 2.35. The summed E-state index contributed by atoms with van der Waals surface area (Å²) in [5.41, 5.74) is 4.82. The molecule has 0 aliphatic carbocycles. The second-order valence-corrected chi connectivity index (χ2v) is 9.34. The highest BCUT2D eigenvalue weighted by Crippen LogP contribution is 2.39. The van der Waals surface area contributed by atoms with E-state index in [9.17, 15) is 13.2 Å². The van der Waals surface area contributed by atoms with Gasteiger partial charge in [-0.2, -0.15) is 23.0 Å². The SMILES string of the molecule is Cc1ccc(-c2cc(C(F)(F)F)nc(-n3nc(-c4cccc(C)c4)c(Cl)c3-c3cccc(C)c3)n2)cc1. The maximum Gasteiger partial charge on any atom is 0.433 e. The van der Waals surface area contributed by atoms with E-state index < -0.39 is 11.9 Å². The molecule has 0 fully saturated rings. The number of benzene rings is 3. The van der Waals surface area contributed by atoms with Gasteiger partial charge in [0.1, 0.15) is 5.69 Å². The second-order valence-electron chi connectivity index (χ2n) is 8.96. The number of alkyl halides is 3. The van der Waals surface area contributed by atoms with Crippen molar-refractivity contribution >= 4 is 11.6 Å². The predicted octanol–water partition coefficient (Wildman–Crippen LogP) is 8.26. The van der Waals surface area contributed by atoms with Crippen molar-refractivity contribution < 1.29 is 13.2 Å². The molecule has 0 N–H and O–H groups in total. The molecule has 0 radical (unpaired) electrons. The summed E-state index contributed by atoms with van der Waals surface area (Å²) in [7, 11) is 0. The molecule has 5 aromatic rings. The Labute approximate surface area is 217 Å². The Kier molecular flexibility index (Phi) is 6.33. The van der Waals surface area contributed by atoms with E-state index in [1.807, 2.05) is 81.4 Å². The van der Waals surface area contributed by atoms with E-state index in [4.69, 9.17) is 11.6 Å². The van der Waals surface area contributed by atoms with Gasteiger partial charge in [-0.15, -0.1) is 0 Å². The van der Waals surface area contributed by atoms with Crippen LogP contribution in [0.1, 0.15) is 22.4 Å². The maximum absolute atomic E-state index is 14.0. The van der Waals surface area contributed by atoms with E-state index in [1.54, 1.807) is 12.1 Å².